The number of sulfonamides is 1. The van der Waals surface area contributed by atoms with E-state index in [4.69, 9.17) is 0 Å². The first kappa shape index (κ1) is 23.2. The second kappa shape index (κ2) is 9.51. The van der Waals surface area contributed by atoms with E-state index in [1.807, 2.05) is 34.9 Å². The predicted molar refractivity (Wildman–Crippen MR) is 133 cm³/mol. The Balaban J connectivity index is 1.85. The van der Waals surface area contributed by atoms with Crippen molar-refractivity contribution in [2.24, 2.45) is 0 Å². The molecule has 0 aliphatic heterocycles. The van der Waals surface area contributed by atoms with Crippen LogP contribution in [-0.2, 0) is 15.8 Å². The first-order valence-electron chi connectivity index (χ1n) is 10.5. The van der Waals surface area contributed by atoms with Crippen LogP contribution in [0.3, 0.4) is 0 Å². The standard InChI is InChI=1S/C25H26N4O2S2/c1-18-10-8-11-19(2)23(18)29-24(21-14-9-15-22(16-21)33(30,31)28(3)4)26-27-25(29)32-17-20-12-6-5-7-13-20/h5-16H,17H2,1-4H3. The maximum Gasteiger partial charge on any atom is 0.242 e. The van der Waals surface area contributed by atoms with Crippen LogP contribution in [0.4, 0.5) is 0 Å². The van der Waals surface area contributed by atoms with Gasteiger partial charge in [-0.25, -0.2) is 12.7 Å². The van der Waals surface area contributed by atoms with E-state index in [1.54, 1.807) is 30.0 Å². The molecule has 0 unspecified atom stereocenters. The summed E-state index contributed by atoms with van der Waals surface area (Å²) in [6, 6.07) is 23.2. The highest BCUT2D eigenvalue weighted by Crippen LogP contribution is 2.33. The molecule has 0 amide bonds. The van der Waals surface area contributed by atoms with Crippen LogP contribution in [0, 0.1) is 13.8 Å². The number of aryl methyl sites for hydroxylation is 2. The zero-order valence-corrected chi connectivity index (χ0v) is 20.7. The van der Waals surface area contributed by atoms with E-state index in [0.29, 0.717) is 11.4 Å². The first-order valence-corrected chi connectivity index (χ1v) is 12.9. The Kier molecular flexibility index (Phi) is 6.69. The molecule has 0 bridgehead atoms. The lowest BCUT2D eigenvalue weighted by atomic mass is 10.1. The zero-order chi connectivity index (χ0) is 23.6. The van der Waals surface area contributed by atoms with Gasteiger partial charge in [0.1, 0.15) is 0 Å². The van der Waals surface area contributed by atoms with Crippen molar-refractivity contribution < 1.29 is 8.42 Å². The third-order valence-corrected chi connectivity index (χ3v) is 8.19. The van der Waals surface area contributed by atoms with E-state index in [-0.39, 0.29) is 4.90 Å². The van der Waals surface area contributed by atoms with Crippen molar-refractivity contribution in [2.75, 3.05) is 14.1 Å². The van der Waals surface area contributed by atoms with Gasteiger partial charge in [-0.3, -0.25) is 4.57 Å². The minimum absolute atomic E-state index is 0.222. The molecule has 0 atom stereocenters. The number of aromatic nitrogens is 3. The largest absolute Gasteiger partial charge is 0.269 e. The summed E-state index contributed by atoms with van der Waals surface area (Å²) in [5, 5.41) is 9.77. The number of thioether (sulfide) groups is 1. The van der Waals surface area contributed by atoms with Crippen molar-refractivity contribution in [1.29, 1.82) is 0 Å². The second-order valence-electron chi connectivity index (χ2n) is 7.97. The average Bonchev–Trinajstić information content (AvgIpc) is 3.22. The van der Waals surface area contributed by atoms with E-state index in [0.717, 1.165) is 27.7 Å². The minimum atomic E-state index is -3.57. The molecule has 170 valence electrons. The number of benzene rings is 3. The maximum atomic E-state index is 12.7. The first-order chi connectivity index (χ1) is 15.8. The fourth-order valence-corrected chi connectivity index (χ4v) is 5.48. The number of hydrogen-bond acceptors (Lipinski definition) is 5. The van der Waals surface area contributed by atoms with Crippen LogP contribution in [0.25, 0.3) is 17.1 Å². The van der Waals surface area contributed by atoms with Crippen molar-refractivity contribution in [3.63, 3.8) is 0 Å². The molecule has 4 rings (SSSR count). The normalized spacial score (nSPS) is 11.8. The third-order valence-electron chi connectivity index (χ3n) is 5.38. The van der Waals surface area contributed by atoms with Crippen LogP contribution in [0.5, 0.6) is 0 Å². The molecule has 33 heavy (non-hydrogen) atoms. The van der Waals surface area contributed by atoms with Gasteiger partial charge in [0.15, 0.2) is 11.0 Å². The van der Waals surface area contributed by atoms with Gasteiger partial charge in [0.05, 0.1) is 10.6 Å². The smallest absolute Gasteiger partial charge is 0.242 e. The van der Waals surface area contributed by atoms with Gasteiger partial charge < -0.3 is 0 Å². The number of para-hydroxylation sites is 1. The van der Waals surface area contributed by atoms with Gasteiger partial charge in [0.2, 0.25) is 10.0 Å². The van der Waals surface area contributed by atoms with Crippen molar-refractivity contribution in [2.45, 2.75) is 29.7 Å². The van der Waals surface area contributed by atoms with Crippen LogP contribution in [0.1, 0.15) is 16.7 Å². The molecule has 0 aliphatic rings. The molecule has 6 nitrogen and oxygen atoms in total. The van der Waals surface area contributed by atoms with Crippen LogP contribution < -0.4 is 0 Å². The Morgan fingerprint density at radius 3 is 2.21 bits per heavy atom. The fraction of sp³-hybridized carbons (Fsp3) is 0.200. The molecule has 0 radical (unpaired) electrons. The summed E-state index contributed by atoms with van der Waals surface area (Å²) in [7, 11) is -0.515. The summed E-state index contributed by atoms with van der Waals surface area (Å²) >= 11 is 1.61. The zero-order valence-electron chi connectivity index (χ0n) is 19.1. The molecule has 1 aromatic heterocycles. The van der Waals surface area contributed by atoms with E-state index in [2.05, 4.69) is 48.3 Å². The SMILES string of the molecule is Cc1cccc(C)c1-n1c(SCc2ccccc2)nnc1-c1cccc(S(=O)(=O)N(C)C)c1. The highest BCUT2D eigenvalue weighted by atomic mass is 32.2. The van der Waals surface area contributed by atoms with Crippen molar-refractivity contribution in [1.82, 2.24) is 19.1 Å². The van der Waals surface area contributed by atoms with E-state index < -0.39 is 10.0 Å². The predicted octanol–water partition coefficient (Wildman–Crippen LogP) is 5.09. The minimum Gasteiger partial charge on any atom is -0.269 e. The second-order valence-corrected chi connectivity index (χ2v) is 11.1. The fourth-order valence-electron chi connectivity index (χ4n) is 3.64. The topological polar surface area (TPSA) is 68.1 Å². The Labute approximate surface area is 199 Å². The molecular formula is C25H26N4O2S2. The molecule has 0 saturated heterocycles. The summed E-state index contributed by atoms with van der Waals surface area (Å²) in [6.45, 7) is 4.12. The number of hydrogen-bond donors (Lipinski definition) is 0. The van der Waals surface area contributed by atoms with Gasteiger partial charge >= 0.3 is 0 Å². The molecule has 8 heteroatoms. The molecular weight excluding hydrogens is 452 g/mol. The molecule has 0 N–H and O–H groups in total. The highest BCUT2D eigenvalue weighted by Gasteiger charge is 2.22. The van der Waals surface area contributed by atoms with Crippen LogP contribution >= 0.6 is 11.8 Å². The van der Waals surface area contributed by atoms with Gasteiger partial charge in [-0.1, -0.05) is 72.4 Å². The van der Waals surface area contributed by atoms with Gasteiger partial charge in [0.25, 0.3) is 0 Å². The molecule has 3 aromatic carbocycles. The van der Waals surface area contributed by atoms with Crippen LogP contribution in [-0.4, -0.2) is 41.6 Å². The quantitative estimate of drug-likeness (QED) is 0.346. The highest BCUT2D eigenvalue weighted by molar-refractivity contribution is 7.98. The van der Waals surface area contributed by atoms with E-state index >= 15 is 0 Å². The van der Waals surface area contributed by atoms with Crippen molar-refractivity contribution in [3.05, 3.63) is 89.5 Å². The van der Waals surface area contributed by atoms with Crippen LogP contribution in [0.15, 0.2) is 82.8 Å². The average molecular weight is 479 g/mol. The lowest BCUT2D eigenvalue weighted by Crippen LogP contribution is -2.22. The van der Waals surface area contributed by atoms with E-state index in [9.17, 15) is 8.42 Å². The molecule has 0 aliphatic carbocycles. The molecule has 4 aromatic rings. The summed E-state index contributed by atoms with van der Waals surface area (Å²) in [5.74, 6) is 1.36. The van der Waals surface area contributed by atoms with Crippen molar-refractivity contribution in [3.8, 4) is 17.1 Å². The molecule has 0 fully saturated rings. The van der Waals surface area contributed by atoms with E-state index in [1.165, 1.54) is 24.0 Å². The number of nitrogens with zero attached hydrogens (tertiary/aromatic N) is 4. The number of rotatable bonds is 7. The van der Waals surface area contributed by atoms with Gasteiger partial charge in [-0.2, -0.15) is 0 Å². The monoisotopic (exact) mass is 478 g/mol. The Morgan fingerprint density at radius 1 is 0.879 bits per heavy atom. The Morgan fingerprint density at radius 2 is 1.55 bits per heavy atom. The van der Waals surface area contributed by atoms with Crippen LogP contribution in [0.2, 0.25) is 0 Å². The summed E-state index contributed by atoms with van der Waals surface area (Å²) in [4.78, 5) is 0.222. The van der Waals surface area contributed by atoms with Gasteiger partial charge in [0, 0.05) is 25.4 Å². The van der Waals surface area contributed by atoms with Gasteiger partial charge in [-0.15, -0.1) is 10.2 Å². The third kappa shape index (κ3) is 4.73. The Hall–Kier alpha value is -2.94. The lowest BCUT2D eigenvalue weighted by molar-refractivity contribution is 0.521. The maximum absolute atomic E-state index is 12.7. The summed E-state index contributed by atoms with van der Waals surface area (Å²) in [5.41, 5.74) is 5.08. The molecule has 0 spiro atoms. The lowest BCUT2D eigenvalue weighted by Gasteiger charge is -2.16. The van der Waals surface area contributed by atoms with Crippen molar-refractivity contribution >= 4 is 21.8 Å². The molecule has 0 saturated carbocycles. The summed E-state index contributed by atoms with van der Waals surface area (Å²) < 4.78 is 28.7. The molecule has 1 heterocycles. The van der Waals surface area contributed by atoms with Gasteiger partial charge in [-0.05, 0) is 42.7 Å². The Bertz CT molecular complexity index is 1360. The summed E-state index contributed by atoms with van der Waals surface area (Å²) in [6.07, 6.45) is 0.